The van der Waals surface area contributed by atoms with Crippen LogP contribution in [0.1, 0.15) is 35.4 Å². The second kappa shape index (κ2) is 5.77. The highest BCUT2D eigenvalue weighted by Crippen LogP contribution is 2.34. The van der Waals surface area contributed by atoms with Crippen LogP contribution in [0, 0.1) is 0 Å². The van der Waals surface area contributed by atoms with Crippen molar-refractivity contribution in [3.05, 3.63) is 58.3 Å². The fraction of sp³-hybridized carbons (Fsp3) is 0.312. The molecule has 1 saturated heterocycles. The van der Waals surface area contributed by atoms with Gasteiger partial charge in [0.1, 0.15) is 6.04 Å². The molecule has 0 radical (unpaired) electrons. The maximum absolute atomic E-state index is 12.6. The van der Waals surface area contributed by atoms with E-state index in [1.807, 2.05) is 40.6 Å². The van der Waals surface area contributed by atoms with E-state index in [1.165, 1.54) is 5.56 Å². The predicted molar refractivity (Wildman–Crippen MR) is 81.4 cm³/mol. The van der Waals surface area contributed by atoms with Gasteiger partial charge in [0.05, 0.1) is 6.04 Å². The summed E-state index contributed by atoms with van der Waals surface area (Å²) < 4.78 is 0. The summed E-state index contributed by atoms with van der Waals surface area (Å²) in [6, 6.07) is 13.7. The predicted octanol–water partition coefficient (Wildman–Crippen LogP) is 3.11. The number of amides is 1. The van der Waals surface area contributed by atoms with Gasteiger partial charge in [0.25, 0.3) is 0 Å². The molecule has 2 atom stereocenters. The Morgan fingerprint density at radius 2 is 2.05 bits per heavy atom. The molecule has 104 valence electrons. The Morgan fingerprint density at radius 1 is 1.25 bits per heavy atom. The van der Waals surface area contributed by atoms with Crippen molar-refractivity contribution < 1.29 is 4.79 Å². The minimum absolute atomic E-state index is 0.0406. The monoisotopic (exact) mass is 286 g/mol. The van der Waals surface area contributed by atoms with E-state index in [4.69, 9.17) is 5.73 Å². The van der Waals surface area contributed by atoms with Crippen LogP contribution in [0.15, 0.2) is 47.8 Å². The standard InChI is InChI=1S/C16H18N2OS/c17-15(14-9-5-11-20-14)16(19)18-10-4-8-13(18)12-6-2-1-3-7-12/h1-3,5-7,9,11,13,15H,4,8,10,17H2. The van der Waals surface area contributed by atoms with Crippen molar-refractivity contribution in [3.8, 4) is 0 Å². The van der Waals surface area contributed by atoms with Gasteiger partial charge in [-0.25, -0.2) is 0 Å². The zero-order chi connectivity index (χ0) is 13.9. The van der Waals surface area contributed by atoms with Crippen molar-refractivity contribution >= 4 is 17.2 Å². The van der Waals surface area contributed by atoms with Gasteiger partial charge in [-0.15, -0.1) is 11.3 Å². The van der Waals surface area contributed by atoms with E-state index in [0.717, 1.165) is 24.3 Å². The molecule has 0 aliphatic carbocycles. The van der Waals surface area contributed by atoms with Crippen molar-refractivity contribution in [2.24, 2.45) is 5.73 Å². The normalized spacial score (nSPS) is 20.1. The highest BCUT2D eigenvalue weighted by Gasteiger charge is 2.33. The molecular weight excluding hydrogens is 268 g/mol. The second-order valence-corrected chi connectivity index (χ2v) is 6.07. The molecule has 2 unspecified atom stereocenters. The summed E-state index contributed by atoms with van der Waals surface area (Å²) in [5.74, 6) is 0.0406. The quantitative estimate of drug-likeness (QED) is 0.942. The van der Waals surface area contributed by atoms with E-state index in [0.29, 0.717) is 0 Å². The molecule has 1 fully saturated rings. The van der Waals surface area contributed by atoms with Crippen LogP contribution in [-0.4, -0.2) is 17.4 Å². The van der Waals surface area contributed by atoms with E-state index < -0.39 is 6.04 Å². The molecular formula is C16H18N2OS. The van der Waals surface area contributed by atoms with E-state index in [9.17, 15) is 4.79 Å². The first-order chi connectivity index (χ1) is 9.77. The third kappa shape index (κ3) is 2.49. The zero-order valence-electron chi connectivity index (χ0n) is 11.2. The van der Waals surface area contributed by atoms with Crippen molar-refractivity contribution in [1.29, 1.82) is 0 Å². The first-order valence-corrected chi connectivity index (χ1v) is 7.80. The Bertz CT molecular complexity index is 567. The van der Waals surface area contributed by atoms with Gasteiger partial charge >= 0.3 is 0 Å². The Balaban J connectivity index is 1.80. The highest BCUT2D eigenvalue weighted by atomic mass is 32.1. The van der Waals surface area contributed by atoms with Gasteiger partial charge in [-0.1, -0.05) is 36.4 Å². The Labute approximate surface area is 123 Å². The summed E-state index contributed by atoms with van der Waals surface area (Å²) in [4.78, 5) is 15.5. The first kappa shape index (κ1) is 13.3. The van der Waals surface area contributed by atoms with Gasteiger partial charge in [-0.3, -0.25) is 4.79 Å². The minimum Gasteiger partial charge on any atom is -0.334 e. The Morgan fingerprint density at radius 3 is 2.75 bits per heavy atom. The molecule has 1 amide bonds. The molecule has 1 aliphatic heterocycles. The average Bonchev–Trinajstić information content (AvgIpc) is 3.17. The lowest BCUT2D eigenvalue weighted by molar-refractivity contribution is -0.133. The molecule has 0 bridgehead atoms. The number of nitrogens with zero attached hydrogens (tertiary/aromatic N) is 1. The molecule has 20 heavy (non-hydrogen) atoms. The molecule has 4 heteroatoms. The summed E-state index contributed by atoms with van der Waals surface area (Å²) in [5.41, 5.74) is 7.33. The van der Waals surface area contributed by atoms with Gasteiger partial charge in [-0.2, -0.15) is 0 Å². The number of carbonyl (C=O) groups excluding carboxylic acids is 1. The molecule has 3 nitrogen and oxygen atoms in total. The molecule has 2 N–H and O–H groups in total. The van der Waals surface area contributed by atoms with Gasteiger partial charge < -0.3 is 10.6 Å². The van der Waals surface area contributed by atoms with Gasteiger partial charge in [0, 0.05) is 11.4 Å². The van der Waals surface area contributed by atoms with E-state index in [1.54, 1.807) is 11.3 Å². The lowest BCUT2D eigenvalue weighted by Gasteiger charge is -2.27. The maximum Gasteiger partial charge on any atom is 0.245 e. The molecule has 1 aromatic carbocycles. The summed E-state index contributed by atoms with van der Waals surface area (Å²) in [6.45, 7) is 0.803. The molecule has 0 saturated carbocycles. The summed E-state index contributed by atoms with van der Waals surface area (Å²) in [6.07, 6.45) is 2.06. The van der Waals surface area contributed by atoms with Crippen LogP contribution in [0.4, 0.5) is 0 Å². The zero-order valence-corrected chi connectivity index (χ0v) is 12.1. The van der Waals surface area contributed by atoms with Crippen molar-refractivity contribution in [2.75, 3.05) is 6.54 Å². The third-order valence-corrected chi connectivity index (χ3v) is 4.79. The summed E-state index contributed by atoms with van der Waals surface area (Å²) >= 11 is 1.54. The lowest BCUT2D eigenvalue weighted by Crippen LogP contribution is -2.37. The molecule has 1 aromatic heterocycles. The SMILES string of the molecule is NC(C(=O)N1CCCC1c1ccccc1)c1cccs1. The van der Waals surface area contributed by atoms with Crippen LogP contribution in [0.3, 0.4) is 0 Å². The number of hydrogen-bond donors (Lipinski definition) is 1. The minimum atomic E-state index is -0.528. The van der Waals surface area contributed by atoms with Gasteiger partial charge in [0.15, 0.2) is 0 Å². The summed E-state index contributed by atoms with van der Waals surface area (Å²) in [5, 5.41) is 1.96. The molecule has 0 spiro atoms. The lowest BCUT2D eigenvalue weighted by atomic mass is 10.0. The fourth-order valence-electron chi connectivity index (χ4n) is 2.82. The average molecular weight is 286 g/mol. The largest absolute Gasteiger partial charge is 0.334 e. The Kier molecular flexibility index (Phi) is 3.85. The van der Waals surface area contributed by atoms with Crippen molar-refractivity contribution in [3.63, 3.8) is 0 Å². The van der Waals surface area contributed by atoms with E-state index >= 15 is 0 Å². The van der Waals surface area contributed by atoms with Crippen LogP contribution in [0.5, 0.6) is 0 Å². The number of likely N-dealkylation sites (tertiary alicyclic amines) is 1. The van der Waals surface area contributed by atoms with Crippen molar-refractivity contribution in [1.82, 2.24) is 4.90 Å². The number of hydrogen-bond acceptors (Lipinski definition) is 3. The van der Waals surface area contributed by atoms with Crippen LogP contribution in [0.2, 0.25) is 0 Å². The highest BCUT2D eigenvalue weighted by molar-refractivity contribution is 7.10. The number of thiophene rings is 1. The molecule has 2 heterocycles. The number of rotatable bonds is 3. The smallest absolute Gasteiger partial charge is 0.245 e. The van der Waals surface area contributed by atoms with Crippen LogP contribution in [-0.2, 0) is 4.79 Å². The van der Waals surface area contributed by atoms with Crippen LogP contribution in [0.25, 0.3) is 0 Å². The van der Waals surface area contributed by atoms with E-state index in [-0.39, 0.29) is 11.9 Å². The number of benzene rings is 1. The molecule has 1 aliphatic rings. The first-order valence-electron chi connectivity index (χ1n) is 6.92. The second-order valence-electron chi connectivity index (χ2n) is 5.09. The maximum atomic E-state index is 12.6. The van der Waals surface area contributed by atoms with Gasteiger partial charge in [-0.05, 0) is 29.9 Å². The fourth-order valence-corrected chi connectivity index (χ4v) is 3.54. The number of carbonyl (C=O) groups is 1. The third-order valence-electron chi connectivity index (χ3n) is 3.84. The van der Waals surface area contributed by atoms with Crippen LogP contribution >= 0.6 is 11.3 Å². The van der Waals surface area contributed by atoms with E-state index in [2.05, 4.69) is 12.1 Å². The molecule has 3 rings (SSSR count). The topological polar surface area (TPSA) is 46.3 Å². The van der Waals surface area contributed by atoms with Crippen molar-refractivity contribution in [2.45, 2.75) is 24.9 Å². The Hall–Kier alpha value is -1.65. The summed E-state index contributed by atoms with van der Waals surface area (Å²) in [7, 11) is 0. The van der Waals surface area contributed by atoms with Crippen LogP contribution < -0.4 is 5.73 Å². The van der Waals surface area contributed by atoms with Gasteiger partial charge in [0.2, 0.25) is 5.91 Å². The molecule has 2 aromatic rings. The number of nitrogens with two attached hydrogens (primary N) is 1.